The Morgan fingerprint density at radius 1 is 1.06 bits per heavy atom. The van der Waals surface area contributed by atoms with Gasteiger partial charge in [-0.15, -0.1) is 0 Å². The topological polar surface area (TPSA) is 117 Å². The fourth-order valence-corrected chi connectivity index (χ4v) is 5.60. The summed E-state index contributed by atoms with van der Waals surface area (Å²) >= 11 is 0. The third-order valence-electron chi connectivity index (χ3n) is 7.14. The number of benzene rings is 1. The van der Waals surface area contributed by atoms with Gasteiger partial charge in [0.25, 0.3) is 0 Å². The van der Waals surface area contributed by atoms with Crippen molar-refractivity contribution in [2.24, 2.45) is 17.8 Å². The molecule has 4 aliphatic rings. The molecule has 9 nitrogen and oxygen atoms in total. The van der Waals surface area contributed by atoms with E-state index in [9.17, 15) is 24.8 Å². The minimum Gasteiger partial charge on any atom is -0.404 e. The molecule has 1 N–H and O–H groups in total. The van der Waals surface area contributed by atoms with Gasteiger partial charge in [0, 0.05) is 25.0 Å². The Bertz CT molecular complexity index is 1140. The number of aliphatic hydroxyl groups excluding tert-OH is 1. The number of hydrogen-bond acceptors (Lipinski definition) is 7. The van der Waals surface area contributed by atoms with Crippen LogP contribution in [-0.4, -0.2) is 50.8 Å². The lowest BCUT2D eigenvalue weighted by Crippen LogP contribution is -2.61. The minimum absolute atomic E-state index is 0.0483. The molecule has 166 valence electrons. The monoisotopic (exact) mass is 437 g/mol. The van der Waals surface area contributed by atoms with Crippen molar-refractivity contribution in [2.45, 2.75) is 32.2 Å². The molecule has 2 saturated heterocycles. The van der Waals surface area contributed by atoms with Crippen LogP contribution in [0.3, 0.4) is 0 Å². The Hall–Kier alpha value is -3.30. The summed E-state index contributed by atoms with van der Waals surface area (Å²) in [5.41, 5.74) is 2.78. The standard InChI is InChI=1S/C23H23N3O6/c1-12-19-16(14-5-3-13(11-27)4-6-14)9-17(20-21(19)23(29)24(2)22(20)28)25(12)10-15-7-8-18(32-15)26(30)31/h3-9,12,17,19-21,27H,10-11H2,1-2H3. The second-order valence-corrected chi connectivity index (χ2v) is 8.69. The van der Waals surface area contributed by atoms with Gasteiger partial charge < -0.3 is 9.52 Å². The van der Waals surface area contributed by atoms with Gasteiger partial charge in [-0.05, 0) is 29.7 Å². The summed E-state index contributed by atoms with van der Waals surface area (Å²) in [6.45, 7) is 2.28. The van der Waals surface area contributed by atoms with E-state index in [1.165, 1.54) is 18.0 Å². The minimum atomic E-state index is -0.576. The van der Waals surface area contributed by atoms with Gasteiger partial charge in [-0.3, -0.25) is 29.5 Å². The van der Waals surface area contributed by atoms with E-state index in [0.717, 1.165) is 16.7 Å². The molecule has 4 heterocycles. The van der Waals surface area contributed by atoms with E-state index in [4.69, 9.17) is 4.42 Å². The average molecular weight is 437 g/mol. The molecule has 1 aromatic carbocycles. The molecule has 5 atom stereocenters. The SMILES string of the molecule is CC1C2C(c3ccc(CO)cc3)=CC(C3C(=O)N(C)C(=O)C23)N1Cc1ccc([N+](=O)[O-])o1. The van der Waals surface area contributed by atoms with Crippen LogP contribution in [0, 0.1) is 27.9 Å². The van der Waals surface area contributed by atoms with Crippen LogP contribution in [0.15, 0.2) is 46.9 Å². The number of piperidine rings is 1. The third kappa shape index (κ3) is 2.92. The van der Waals surface area contributed by atoms with Gasteiger partial charge in [-0.1, -0.05) is 30.3 Å². The first-order valence-electron chi connectivity index (χ1n) is 10.5. The predicted molar refractivity (Wildman–Crippen MR) is 113 cm³/mol. The average Bonchev–Trinajstić information content (AvgIpc) is 3.36. The molecule has 6 rings (SSSR count). The highest BCUT2D eigenvalue weighted by Crippen LogP contribution is 2.53. The number of amides is 2. The number of imide groups is 1. The molecule has 0 radical (unpaired) electrons. The Balaban J connectivity index is 1.56. The van der Waals surface area contributed by atoms with Crippen LogP contribution in [0.4, 0.5) is 5.88 Å². The molecule has 1 aliphatic carbocycles. The van der Waals surface area contributed by atoms with E-state index in [0.29, 0.717) is 12.3 Å². The number of aliphatic hydroxyl groups is 1. The second kappa shape index (κ2) is 7.39. The van der Waals surface area contributed by atoms with Gasteiger partial charge in [0.15, 0.2) is 0 Å². The Labute approximate surface area is 184 Å². The van der Waals surface area contributed by atoms with Crippen LogP contribution < -0.4 is 0 Å². The summed E-state index contributed by atoms with van der Waals surface area (Å²) in [5.74, 6) is -1.36. The van der Waals surface area contributed by atoms with Crippen molar-refractivity contribution >= 4 is 23.3 Å². The maximum absolute atomic E-state index is 13.0. The molecule has 2 aromatic rings. The second-order valence-electron chi connectivity index (χ2n) is 8.69. The molecule has 2 fully saturated rings. The van der Waals surface area contributed by atoms with E-state index in [1.54, 1.807) is 6.07 Å². The van der Waals surface area contributed by atoms with Crippen molar-refractivity contribution in [3.8, 4) is 0 Å². The van der Waals surface area contributed by atoms with Crippen LogP contribution in [-0.2, 0) is 22.7 Å². The maximum atomic E-state index is 13.0. The molecule has 3 aliphatic heterocycles. The quantitative estimate of drug-likeness (QED) is 0.433. The van der Waals surface area contributed by atoms with Crippen LogP contribution in [0.1, 0.15) is 23.8 Å². The highest BCUT2D eigenvalue weighted by Gasteiger charge is 2.62. The molecule has 32 heavy (non-hydrogen) atoms. The number of likely N-dealkylation sites (tertiary alicyclic amines) is 1. The number of carbonyl (C=O) groups is 2. The van der Waals surface area contributed by atoms with Crippen LogP contribution in [0.5, 0.6) is 0 Å². The van der Waals surface area contributed by atoms with E-state index in [-0.39, 0.29) is 42.3 Å². The fraction of sp³-hybridized carbons (Fsp3) is 0.391. The summed E-state index contributed by atoms with van der Waals surface area (Å²) in [4.78, 5) is 39.8. The maximum Gasteiger partial charge on any atom is 0.433 e. The van der Waals surface area contributed by atoms with E-state index in [2.05, 4.69) is 11.0 Å². The van der Waals surface area contributed by atoms with Crippen LogP contribution in [0.25, 0.3) is 5.57 Å². The van der Waals surface area contributed by atoms with E-state index < -0.39 is 16.8 Å². The van der Waals surface area contributed by atoms with Gasteiger partial charge in [-0.2, -0.15) is 0 Å². The summed E-state index contributed by atoms with van der Waals surface area (Å²) in [6.07, 6.45) is 2.06. The summed E-state index contributed by atoms with van der Waals surface area (Å²) < 4.78 is 5.37. The van der Waals surface area contributed by atoms with Gasteiger partial charge in [-0.25, -0.2) is 0 Å². The summed E-state index contributed by atoms with van der Waals surface area (Å²) in [6, 6.07) is 10.1. The normalized spacial score (nSPS) is 29.4. The largest absolute Gasteiger partial charge is 0.433 e. The van der Waals surface area contributed by atoms with Gasteiger partial charge in [0.05, 0.1) is 31.1 Å². The lowest BCUT2D eigenvalue weighted by molar-refractivity contribution is -0.402. The third-order valence-corrected chi connectivity index (χ3v) is 7.14. The predicted octanol–water partition coefficient (Wildman–Crippen LogP) is 2.20. The number of nitrogens with zero attached hydrogens (tertiary/aromatic N) is 3. The highest BCUT2D eigenvalue weighted by molar-refractivity contribution is 6.07. The Morgan fingerprint density at radius 2 is 1.75 bits per heavy atom. The van der Waals surface area contributed by atoms with Crippen molar-refractivity contribution in [3.63, 3.8) is 0 Å². The molecular weight excluding hydrogens is 414 g/mol. The van der Waals surface area contributed by atoms with Crippen LogP contribution in [0.2, 0.25) is 0 Å². The van der Waals surface area contributed by atoms with Crippen molar-refractivity contribution in [1.29, 1.82) is 0 Å². The number of nitro groups is 1. The zero-order valence-corrected chi connectivity index (χ0v) is 17.7. The molecule has 9 heteroatoms. The first kappa shape index (κ1) is 20.6. The number of rotatable bonds is 5. The zero-order chi connectivity index (χ0) is 22.7. The Morgan fingerprint density at radius 3 is 2.38 bits per heavy atom. The lowest BCUT2D eigenvalue weighted by Gasteiger charge is -2.53. The summed E-state index contributed by atoms with van der Waals surface area (Å²) in [7, 11) is 1.53. The van der Waals surface area contributed by atoms with Gasteiger partial charge in [0.1, 0.15) is 10.7 Å². The fourth-order valence-electron chi connectivity index (χ4n) is 5.60. The Kier molecular flexibility index (Phi) is 4.75. The number of carbonyl (C=O) groups excluding carboxylic acids is 2. The highest BCUT2D eigenvalue weighted by atomic mass is 16.6. The summed E-state index contributed by atoms with van der Waals surface area (Å²) in [5, 5.41) is 20.3. The van der Waals surface area contributed by atoms with Crippen molar-refractivity contribution in [1.82, 2.24) is 9.80 Å². The molecule has 0 spiro atoms. The molecule has 2 amide bonds. The van der Waals surface area contributed by atoms with Crippen molar-refractivity contribution in [3.05, 3.63) is 69.5 Å². The van der Waals surface area contributed by atoms with Gasteiger partial charge in [0.2, 0.25) is 11.8 Å². The van der Waals surface area contributed by atoms with E-state index in [1.807, 2.05) is 31.2 Å². The van der Waals surface area contributed by atoms with E-state index >= 15 is 0 Å². The zero-order valence-electron chi connectivity index (χ0n) is 17.7. The molecule has 0 saturated carbocycles. The molecule has 2 bridgehead atoms. The van der Waals surface area contributed by atoms with Crippen LogP contribution >= 0.6 is 0 Å². The molecule has 1 aromatic heterocycles. The number of furan rings is 1. The number of fused-ring (bicyclic) bond motifs is 1. The van der Waals surface area contributed by atoms with Gasteiger partial charge >= 0.3 is 5.88 Å². The molecular formula is C23H23N3O6. The van der Waals surface area contributed by atoms with Crippen molar-refractivity contribution in [2.75, 3.05) is 7.05 Å². The lowest BCUT2D eigenvalue weighted by atomic mass is 9.62. The number of hydrogen-bond donors (Lipinski definition) is 1. The smallest absolute Gasteiger partial charge is 0.404 e. The van der Waals surface area contributed by atoms with Crippen molar-refractivity contribution < 1.29 is 24.0 Å². The first-order chi connectivity index (χ1) is 15.3. The molecule has 5 unspecified atom stereocenters. The first-order valence-corrected chi connectivity index (χ1v) is 10.5.